The molecule has 0 aliphatic heterocycles. The molecule has 1 aromatic carbocycles. The Morgan fingerprint density at radius 3 is 3.00 bits per heavy atom. The van der Waals surface area contributed by atoms with Crippen molar-refractivity contribution in [3.8, 4) is 29.5 Å². The number of nitrogens with one attached hydrogen (secondary N) is 1. The molecule has 1 unspecified atom stereocenters. The molecule has 4 nitrogen and oxygen atoms in total. The Bertz CT molecular complexity index is 910. The maximum absolute atomic E-state index is 9.50. The number of aromatic nitrogens is 3. The number of nitriles is 1. The lowest BCUT2D eigenvalue weighted by Gasteiger charge is -2.20. The fourth-order valence-electron chi connectivity index (χ4n) is 2.54. The lowest BCUT2D eigenvalue weighted by atomic mass is 9.80. The first-order chi connectivity index (χ1) is 10.7. The van der Waals surface area contributed by atoms with Crippen molar-refractivity contribution < 1.29 is 0 Å². The van der Waals surface area contributed by atoms with Crippen molar-refractivity contribution >= 4 is 11.0 Å². The molecule has 0 radical (unpaired) electrons. The van der Waals surface area contributed by atoms with E-state index in [1.807, 2.05) is 37.3 Å². The number of fused-ring (bicyclic) bond motifs is 1. The maximum atomic E-state index is 9.50. The van der Waals surface area contributed by atoms with Gasteiger partial charge in [0.05, 0.1) is 17.7 Å². The van der Waals surface area contributed by atoms with Crippen molar-refractivity contribution in [2.75, 3.05) is 0 Å². The molecule has 1 atom stereocenters. The predicted octanol–water partition coefficient (Wildman–Crippen LogP) is 3.43. The number of terminal acetylenes is 1. The molecule has 0 aliphatic rings. The smallest absolute Gasteiger partial charge is 0.155 e. The first-order valence-electron chi connectivity index (χ1n) is 6.92. The van der Waals surface area contributed by atoms with Gasteiger partial charge in [-0.05, 0) is 35.7 Å². The first kappa shape index (κ1) is 13.9. The summed E-state index contributed by atoms with van der Waals surface area (Å²) in [5.41, 5.74) is 3.02. The van der Waals surface area contributed by atoms with Gasteiger partial charge in [0.25, 0.3) is 0 Å². The zero-order chi connectivity index (χ0) is 15.6. The molecule has 3 aromatic rings. The fraction of sp³-hybridized carbons (Fsp3) is 0.167. The summed E-state index contributed by atoms with van der Waals surface area (Å²) >= 11 is 0. The summed E-state index contributed by atoms with van der Waals surface area (Å²) in [5, 5.41) is 17.4. The van der Waals surface area contributed by atoms with Crippen molar-refractivity contribution in [1.29, 1.82) is 5.26 Å². The third-order valence-electron chi connectivity index (χ3n) is 3.87. The molecule has 0 fully saturated rings. The third-order valence-corrected chi connectivity index (χ3v) is 3.87. The van der Waals surface area contributed by atoms with Crippen LogP contribution in [0, 0.1) is 23.7 Å². The zero-order valence-corrected chi connectivity index (χ0v) is 12.2. The van der Waals surface area contributed by atoms with Crippen molar-refractivity contribution in [2.24, 2.45) is 0 Å². The summed E-state index contributed by atoms with van der Waals surface area (Å²) in [6.07, 6.45) is 9.30. The van der Waals surface area contributed by atoms with Gasteiger partial charge >= 0.3 is 0 Å². The monoisotopic (exact) mass is 286 g/mol. The number of H-pyrrole nitrogens is 1. The number of hydrogen-bond donors (Lipinski definition) is 1. The summed E-state index contributed by atoms with van der Waals surface area (Å²) in [4.78, 5) is 4.25. The van der Waals surface area contributed by atoms with E-state index in [-0.39, 0.29) is 0 Å². The van der Waals surface area contributed by atoms with Crippen LogP contribution in [0.5, 0.6) is 0 Å². The quantitative estimate of drug-likeness (QED) is 0.750. The van der Waals surface area contributed by atoms with Gasteiger partial charge in [-0.3, -0.25) is 5.10 Å². The number of rotatable bonds is 3. The van der Waals surface area contributed by atoms with Crippen LogP contribution in [0.3, 0.4) is 0 Å². The minimum absolute atomic E-state index is 0.379. The van der Waals surface area contributed by atoms with Crippen molar-refractivity contribution in [2.45, 2.75) is 18.8 Å². The van der Waals surface area contributed by atoms with Gasteiger partial charge in [0, 0.05) is 18.0 Å². The van der Waals surface area contributed by atoms with E-state index < -0.39 is 5.41 Å². The van der Waals surface area contributed by atoms with E-state index in [9.17, 15) is 5.26 Å². The van der Waals surface area contributed by atoms with Gasteiger partial charge in [-0.2, -0.15) is 10.4 Å². The Kier molecular flexibility index (Phi) is 3.37. The van der Waals surface area contributed by atoms with Crippen LogP contribution in [-0.2, 0) is 5.41 Å². The van der Waals surface area contributed by atoms with E-state index in [4.69, 9.17) is 6.42 Å². The highest BCUT2D eigenvalue weighted by molar-refractivity contribution is 5.92. The highest BCUT2D eigenvalue weighted by Gasteiger charge is 2.25. The summed E-state index contributed by atoms with van der Waals surface area (Å²) in [7, 11) is 0. The van der Waals surface area contributed by atoms with Crippen molar-refractivity contribution in [3.05, 3.63) is 48.3 Å². The van der Waals surface area contributed by atoms with Gasteiger partial charge in [-0.1, -0.05) is 18.2 Å². The summed E-state index contributed by atoms with van der Waals surface area (Å²) in [6, 6.07) is 12.2. The molecule has 2 aromatic heterocycles. The van der Waals surface area contributed by atoms with E-state index in [0.717, 1.165) is 27.7 Å². The molecule has 0 aliphatic carbocycles. The minimum atomic E-state index is -0.687. The lowest BCUT2D eigenvalue weighted by molar-refractivity contribution is 0.632. The molecule has 0 amide bonds. The molecule has 106 valence electrons. The van der Waals surface area contributed by atoms with Crippen LogP contribution in [0.1, 0.15) is 18.9 Å². The van der Waals surface area contributed by atoms with Gasteiger partial charge in [0.2, 0.25) is 0 Å². The Labute approximate surface area is 128 Å². The van der Waals surface area contributed by atoms with Gasteiger partial charge < -0.3 is 0 Å². The number of nitrogens with zero attached hydrogens (tertiary/aromatic N) is 3. The Hall–Kier alpha value is -3.11. The Morgan fingerprint density at radius 2 is 2.23 bits per heavy atom. The number of aromatic amines is 1. The maximum Gasteiger partial charge on any atom is 0.155 e. The highest BCUT2D eigenvalue weighted by atomic mass is 15.1. The van der Waals surface area contributed by atoms with Crippen LogP contribution >= 0.6 is 0 Å². The van der Waals surface area contributed by atoms with Gasteiger partial charge in [0.15, 0.2) is 5.65 Å². The van der Waals surface area contributed by atoms with Gasteiger partial charge in [0.1, 0.15) is 0 Å². The Balaban J connectivity index is 2.15. The van der Waals surface area contributed by atoms with Crippen LogP contribution in [-0.4, -0.2) is 15.2 Å². The molecular formula is C18H14N4. The van der Waals surface area contributed by atoms with Gasteiger partial charge in [-0.15, -0.1) is 12.3 Å². The molecule has 0 bridgehead atoms. The topological polar surface area (TPSA) is 65.4 Å². The second-order valence-electron chi connectivity index (χ2n) is 5.40. The molecule has 2 heterocycles. The lowest BCUT2D eigenvalue weighted by Crippen LogP contribution is -2.18. The summed E-state index contributed by atoms with van der Waals surface area (Å²) in [6.45, 7) is 1.87. The largest absolute Gasteiger partial charge is 0.261 e. The van der Waals surface area contributed by atoms with Crippen molar-refractivity contribution in [3.63, 3.8) is 0 Å². The average Bonchev–Trinajstić information content (AvgIpc) is 3.03. The molecule has 0 spiro atoms. The van der Waals surface area contributed by atoms with Crippen LogP contribution in [0.15, 0.2) is 42.7 Å². The zero-order valence-electron chi connectivity index (χ0n) is 12.2. The van der Waals surface area contributed by atoms with E-state index in [1.165, 1.54) is 0 Å². The van der Waals surface area contributed by atoms with E-state index in [0.29, 0.717) is 6.42 Å². The number of pyridine rings is 1. The normalized spacial score (nSPS) is 13.2. The second-order valence-corrected chi connectivity index (χ2v) is 5.40. The van der Waals surface area contributed by atoms with Crippen LogP contribution in [0.2, 0.25) is 0 Å². The molecule has 1 N–H and O–H groups in total. The number of benzene rings is 1. The van der Waals surface area contributed by atoms with E-state index >= 15 is 0 Å². The van der Waals surface area contributed by atoms with E-state index in [2.05, 4.69) is 27.2 Å². The predicted molar refractivity (Wildman–Crippen MR) is 85.7 cm³/mol. The van der Waals surface area contributed by atoms with Crippen LogP contribution in [0.4, 0.5) is 0 Å². The molecular weight excluding hydrogens is 272 g/mol. The average molecular weight is 286 g/mol. The Morgan fingerprint density at radius 1 is 1.36 bits per heavy atom. The molecule has 22 heavy (non-hydrogen) atoms. The molecule has 0 saturated heterocycles. The standard InChI is InChI=1S/C18H14N4/c1-3-8-18(2,12-19)14-6-4-5-13(10-14)15-7-9-20-17-16(15)11-21-22-17/h1,4-7,9-11H,8H2,2H3,(H,20,21,22). The molecule has 4 heteroatoms. The van der Waals surface area contributed by atoms with Crippen LogP contribution in [0.25, 0.3) is 22.2 Å². The third kappa shape index (κ3) is 2.21. The van der Waals surface area contributed by atoms with Crippen molar-refractivity contribution in [1.82, 2.24) is 15.2 Å². The summed E-state index contributed by atoms with van der Waals surface area (Å²) in [5.74, 6) is 2.59. The summed E-state index contributed by atoms with van der Waals surface area (Å²) < 4.78 is 0. The first-order valence-corrected chi connectivity index (χ1v) is 6.92. The molecule has 0 saturated carbocycles. The SMILES string of the molecule is C#CCC(C)(C#N)c1cccc(-c2ccnc3[nH]ncc23)c1. The fourth-order valence-corrected chi connectivity index (χ4v) is 2.54. The van der Waals surface area contributed by atoms with E-state index in [1.54, 1.807) is 12.4 Å². The van der Waals surface area contributed by atoms with Crippen LogP contribution < -0.4 is 0 Å². The highest BCUT2D eigenvalue weighted by Crippen LogP contribution is 2.32. The second kappa shape index (κ2) is 5.35. The van der Waals surface area contributed by atoms with Gasteiger partial charge in [-0.25, -0.2) is 4.98 Å². The molecule has 3 rings (SSSR count). The number of hydrogen-bond acceptors (Lipinski definition) is 3. The minimum Gasteiger partial charge on any atom is -0.261 e.